The number of hydrogen-bond donors (Lipinski definition) is 0. The van der Waals surface area contributed by atoms with Gasteiger partial charge in [-0.05, 0) is 47.8 Å². The molecule has 5 atom stereocenters. The summed E-state index contributed by atoms with van der Waals surface area (Å²) in [7, 11) is 0. The molecule has 0 aromatic rings. The van der Waals surface area contributed by atoms with E-state index in [1.807, 2.05) is 0 Å². The summed E-state index contributed by atoms with van der Waals surface area (Å²) in [5.41, 5.74) is 0. The van der Waals surface area contributed by atoms with Crippen LogP contribution in [0.5, 0.6) is 0 Å². The monoisotopic (exact) mass is 296 g/mol. The Kier molecular flexibility index (Phi) is 10.7. The van der Waals surface area contributed by atoms with Gasteiger partial charge >= 0.3 is 0 Å². The van der Waals surface area contributed by atoms with E-state index in [1.54, 1.807) is 0 Å². The van der Waals surface area contributed by atoms with Gasteiger partial charge in [-0.1, -0.05) is 88.0 Å². The first kappa shape index (κ1) is 21.0. The zero-order valence-corrected chi connectivity index (χ0v) is 16.6. The van der Waals surface area contributed by atoms with Crippen LogP contribution in [0.2, 0.25) is 0 Å². The minimum absolute atomic E-state index is 0.806. The summed E-state index contributed by atoms with van der Waals surface area (Å²) < 4.78 is 0. The average Bonchev–Trinajstić information content (AvgIpc) is 2.41. The molecule has 0 nitrogen and oxygen atoms in total. The van der Waals surface area contributed by atoms with Crippen LogP contribution in [0.1, 0.15) is 94.4 Å². The van der Waals surface area contributed by atoms with E-state index in [0.29, 0.717) is 0 Å². The Bertz CT molecular complexity index is 240. The van der Waals surface area contributed by atoms with Gasteiger partial charge in [-0.3, -0.25) is 0 Å². The maximum atomic E-state index is 2.53. The third-order valence-electron chi connectivity index (χ3n) is 6.04. The Morgan fingerprint density at radius 1 is 0.571 bits per heavy atom. The van der Waals surface area contributed by atoms with E-state index in [1.165, 1.54) is 32.1 Å². The molecule has 0 N–H and O–H groups in total. The lowest BCUT2D eigenvalue weighted by Crippen LogP contribution is -2.32. The summed E-state index contributed by atoms with van der Waals surface area (Å²) in [5, 5.41) is 0. The van der Waals surface area contributed by atoms with Crippen molar-refractivity contribution >= 4 is 0 Å². The van der Waals surface area contributed by atoms with Gasteiger partial charge in [0.05, 0.1) is 0 Å². The van der Waals surface area contributed by atoms with E-state index in [2.05, 4.69) is 62.3 Å². The van der Waals surface area contributed by atoms with Crippen molar-refractivity contribution in [2.24, 2.45) is 41.4 Å². The van der Waals surface area contributed by atoms with E-state index in [-0.39, 0.29) is 0 Å². The molecule has 5 unspecified atom stereocenters. The third kappa shape index (κ3) is 7.20. The fourth-order valence-electron chi connectivity index (χ4n) is 4.21. The van der Waals surface area contributed by atoms with Crippen molar-refractivity contribution in [1.82, 2.24) is 0 Å². The van der Waals surface area contributed by atoms with Crippen LogP contribution in [0.4, 0.5) is 0 Å². The second-order valence-corrected chi connectivity index (χ2v) is 8.45. The van der Waals surface area contributed by atoms with Gasteiger partial charge < -0.3 is 0 Å². The Morgan fingerprint density at radius 3 is 1.48 bits per heavy atom. The fourth-order valence-corrected chi connectivity index (χ4v) is 4.21. The summed E-state index contributed by atoms with van der Waals surface area (Å²) in [4.78, 5) is 0. The lowest BCUT2D eigenvalue weighted by atomic mass is 9.66. The minimum atomic E-state index is 0.806. The molecule has 0 bridgehead atoms. The van der Waals surface area contributed by atoms with Crippen LogP contribution in [0.3, 0.4) is 0 Å². The predicted octanol–water partition coefficient (Wildman–Crippen LogP) is 7.43. The third-order valence-corrected chi connectivity index (χ3v) is 6.04. The van der Waals surface area contributed by atoms with Crippen LogP contribution >= 0.6 is 0 Å². The Hall–Kier alpha value is 0. The molecule has 128 valence electrons. The summed E-state index contributed by atoms with van der Waals surface area (Å²) in [5.74, 6) is 6.02. The molecule has 0 saturated heterocycles. The van der Waals surface area contributed by atoms with E-state index in [9.17, 15) is 0 Å². The predicted molar refractivity (Wildman–Crippen MR) is 98.6 cm³/mol. The molecule has 0 aliphatic heterocycles. The van der Waals surface area contributed by atoms with Gasteiger partial charge in [0.2, 0.25) is 0 Å². The van der Waals surface area contributed by atoms with E-state index in [0.717, 1.165) is 41.4 Å². The molecule has 21 heavy (non-hydrogen) atoms. The second kappa shape index (κ2) is 10.7. The van der Waals surface area contributed by atoms with Gasteiger partial charge in [-0.2, -0.15) is 0 Å². The molecule has 0 rings (SSSR count). The van der Waals surface area contributed by atoms with Gasteiger partial charge in [-0.25, -0.2) is 0 Å². The van der Waals surface area contributed by atoms with Crippen molar-refractivity contribution in [3.63, 3.8) is 0 Å². The molecule has 0 aliphatic carbocycles. The highest BCUT2D eigenvalue weighted by molar-refractivity contribution is 4.82. The smallest absolute Gasteiger partial charge is 0.0355 e. The van der Waals surface area contributed by atoms with Crippen LogP contribution in [-0.2, 0) is 0 Å². The average molecular weight is 297 g/mol. The first-order valence-electron chi connectivity index (χ1n) is 9.76. The first-order valence-corrected chi connectivity index (χ1v) is 9.76. The van der Waals surface area contributed by atoms with Gasteiger partial charge in [-0.15, -0.1) is 0 Å². The summed E-state index contributed by atoms with van der Waals surface area (Å²) in [6, 6.07) is 0. The van der Waals surface area contributed by atoms with Crippen molar-refractivity contribution in [3.05, 3.63) is 0 Å². The molecule has 0 heterocycles. The van der Waals surface area contributed by atoms with Crippen LogP contribution in [0.25, 0.3) is 0 Å². The highest BCUT2D eigenvalue weighted by atomic mass is 14.4. The number of hydrogen-bond acceptors (Lipinski definition) is 0. The molecule has 0 amide bonds. The topological polar surface area (TPSA) is 0 Å². The van der Waals surface area contributed by atoms with Crippen molar-refractivity contribution in [3.8, 4) is 0 Å². The molecule has 0 aliphatic rings. The van der Waals surface area contributed by atoms with E-state index in [4.69, 9.17) is 0 Å². The standard InChI is InChI=1S/C21H44/c1-10-12-17(7)14-21(16(5)6)20(13-11-2)19(9)18(8)15(3)4/h15-21H,10-14H2,1-9H3. The van der Waals surface area contributed by atoms with Crippen LogP contribution in [0, 0.1) is 41.4 Å². The zero-order valence-electron chi connectivity index (χ0n) is 16.6. The van der Waals surface area contributed by atoms with E-state index >= 15 is 0 Å². The Balaban J connectivity index is 5.05. The largest absolute Gasteiger partial charge is 0.0654 e. The molecule has 0 heteroatoms. The van der Waals surface area contributed by atoms with Crippen molar-refractivity contribution in [2.75, 3.05) is 0 Å². The van der Waals surface area contributed by atoms with Crippen molar-refractivity contribution in [1.29, 1.82) is 0 Å². The maximum absolute atomic E-state index is 2.53. The quantitative estimate of drug-likeness (QED) is 0.372. The highest BCUT2D eigenvalue weighted by Gasteiger charge is 2.32. The van der Waals surface area contributed by atoms with Gasteiger partial charge in [0, 0.05) is 0 Å². The van der Waals surface area contributed by atoms with Crippen molar-refractivity contribution < 1.29 is 0 Å². The van der Waals surface area contributed by atoms with Gasteiger partial charge in [0.15, 0.2) is 0 Å². The summed E-state index contributed by atoms with van der Waals surface area (Å²) in [6.45, 7) is 21.9. The molecule has 0 saturated carbocycles. The van der Waals surface area contributed by atoms with Gasteiger partial charge in [0.25, 0.3) is 0 Å². The lowest BCUT2D eigenvalue weighted by Gasteiger charge is -2.39. The Labute approximate surface area is 136 Å². The number of rotatable bonds is 11. The highest BCUT2D eigenvalue weighted by Crippen LogP contribution is 2.40. The molecule has 0 fully saturated rings. The van der Waals surface area contributed by atoms with Crippen molar-refractivity contribution in [2.45, 2.75) is 94.4 Å². The first-order chi connectivity index (χ1) is 9.76. The molecule has 0 aromatic carbocycles. The fraction of sp³-hybridized carbons (Fsp3) is 1.00. The minimum Gasteiger partial charge on any atom is -0.0654 e. The molecular weight excluding hydrogens is 252 g/mol. The summed E-state index contributed by atoms with van der Waals surface area (Å²) >= 11 is 0. The maximum Gasteiger partial charge on any atom is -0.0355 e. The van der Waals surface area contributed by atoms with Crippen LogP contribution in [0.15, 0.2) is 0 Å². The summed E-state index contributed by atoms with van der Waals surface area (Å²) in [6.07, 6.45) is 6.93. The molecule has 0 aromatic heterocycles. The van der Waals surface area contributed by atoms with E-state index < -0.39 is 0 Å². The normalized spacial score (nSPS) is 19.6. The lowest BCUT2D eigenvalue weighted by molar-refractivity contribution is 0.0973. The second-order valence-electron chi connectivity index (χ2n) is 8.45. The molecular formula is C21H44. The zero-order chi connectivity index (χ0) is 16.6. The molecule has 0 spiro atoms. The van der Waals surface area contributed by atoms with Crippen LogP contribution in [-0.4, -0.2) is 0 Å². The van der Waals surface area contributed by atoms with Gasteiger partial charge in [0.1, 0.15) is 0 Å². The SMILES string of the molecule is CCCC(C)CC(C(C)C)C(CCC)C(C)C(C)C(C)C. The Morgan fingerprint density at radius 2 is 1.10 bits per heavy atom. The molecule has 0 radical (unpaired) electrons. The van der Waals surface area contributed by atoms with Crippen LogP contribution < -0.4 is 0 Å².